The summed E-state index contributed by atoms with van der Waals surface area (Å²) in [4.78, 5) is 35.7. The van der Waals surface area contributed by atoms with Gasteiger partial charge in [-0.25, -0.2) is 4.57 Å². The molecular weight excluding hydrogens is 779 g/mol. The van der Waals surface area contributed by atoms with Crippen molar-refractivity contribution in [1.82, 2.24) is 0 Å². The predicted octanol–water partition coefficient (Wildman–Crippen LogP) is 8.39. The van der Waals surface area contributed by atoms with E-state index >= 15 is 0 Å². The average Bonchev–Trinajstić information content (AvgIpc) is 3.21. The van der Waals surface area contributed by atoms with Gasteiger partial charge in [-0.15, -0.1) is 0 Å². The van der Waals surface area contributed by atoms with Gasteiger partial charge in [0.2, 0.25) is 0 Å². The summed E-state index contributed by atoms with van der Waals surface area (Å²) in [6, 6.07) is 0. The number of hydrogen-bond acceptors (Lipinski definition) is 12. The second-order valence-electron chi connectivity index (χ2n) is 15.5. The van der Waals surface area contributed by atoms with E-state index in [0.29, 0.717) is 12.8 Å². The highest BCUT2D eigenvalue weighted by Crippen LogP contribution is 2.47. The molecule has 0 aliphatic heterocycles. The van der Waals surface area contributed by atoms with E-state index < -0.39 is 75.7 Å². The van der Waals surface area contributed by atoms with Gasteiger partial charge in [0, 0.05) is 12.8 Å². The van der Waals surface area contributed by atoms with E-state index in [9.17, 15) is 44.6 Å². The molecule has 342 valence electrons. The molecule has 1 fully saturated rings. The van der Waals surface area contributed by atoms with Crippen molar-refractivity contribution in [2.75, 3.05) is 13.2 Å². The minimum Gasteiger partial charge on any atom is -0.462 e. The molecule has 1 aliphatic rings. The van der Waals surface area contributed by atoms with E-state index in [4.69, 9.17) is 18.5 Å². The molecule has 59 heavy (non-hydrogen) atoms. The highest BCUT2D eigenvalue weighted by Gasteiger charge is 2.51. The summed E-state index contributed by atoms with van der Waals surface area (Å²) in [6.45, 7) is 3.15. The summed E-state index contributed by atoms with van der Waals surface area (Å²) < 4.78 is 33.5. The topological polar surface area (TPSA) is 210 Å². The molecule has 0 aromatic carbocycles. The molecule has 0 bridgehead atoms. The normalized spacial score (nSPS) is 22.8. The zero-order valence-electron chi connectivity index (χ0n) is 36.0. The molecule has 13 nitrogen and oxygen atoms in total. The minimum atomic E-state index is -5.12. The van der Waals surface area contributed by atoms with Gasteiger partial charge in [-0.1, -0.05) is 133 Å². The first-order chi connectivity index (χ1) is 28.4. The first kappa shape index (κ1) is 54.8. The molecule has 6 N–H and O–H groups in total. The van der Waals surface area contributed by atoms with Gasteiger partial charge >= 0.3 is 19.8 Å². The van der Waals surface area contributed by atoms with Gasteiger partial charge in [-0.3, -0.25) is 18.6 Å². The van der Waals surface area contributed by atoms with Crippen LogP contribution in [-0.4, -0.2) is 98.3 Å². The Morgan fingerprint density at radius 2 is 0.966 bits per heavy atom. The third-order valence-electron chi connectivity index (χ3n) is 10.2. The summed E-state index contributed by atoms with van der Waals surface area (Å²) in [7, 11) is -5.12. The lowest BCUT2D eigenvalue weighted by Gasteiger charge is -2.41. The van der Waals surface area contributed by atoms with Crippen LogP contribution in [0.4, 0.5) is 0 Å². The largest absolute Gasteiger partial charge is 0.472 e. The molecule has 0 heterocycles. The third kappa shape index (κ3) is 28.1. The van der Waals surface area contributed by atoms with Crippen LogP contribution in [0.1, 0.15) is 168 Å². The maximum atomic E-state index is 12.8. The lowest BCUT2D eigenvalue weighted by Crippen LogP contribution is -2.64. The van der Waals surface area contributed by atoms with Crippen LogP contribution in [0.5, 0.6) is 0 Å². The van der Waals surface area contributed by atoms with E-state index in [0.717, 1.165) is 96.3 Å². The highest BCUT2D eigenvalue weighted by molar-refractivity contribution is 7.47. The zero-order chi connectivity index (χ0) is 43.6. The van der Waals surface area contributed by atoms with E-state index in [-0.39, 0.29) is 12.8 Å². The predicted molar refractivity (Wildman–Crippen MR) is 230 cm³/mol. The first-order valence-corrected chi connectivity index (χ1v) is 23.9. The SMILES string of the molecule is CC/C=C\C/C=C\C/C=C\CCCCCCCC(=O)OC[C@H](COP(=O)(O)OC1C(O)C(O)C(O)[C@@H](O)C1O)OC(=O)CCCCCCCCC/C=C\CCCCCC. The number of aliphatic hydroxyl groups is 5. The molecule has 0 spiro atoms. The van der Waals surface area contributed by atoms with Crippen LogP contribution in [0.25, 0.3) is 0 Å². The lowest BCUT2D eigenvalue weighted by molar-refractivity contribution is -0.220. The Morgan fingerprint density at radius 1 is 0.542 bits per heavy atom. The van der Waals surface area contributed by atoms with Crippen molar-refractivity contribution >= 4 is 19.8 Å². The van der Waals surface area contributed by atoms with Gasteiger partial charge < -0.3 is 39.9 Å². The van der Waals surface area contributed by atoms with Crippen molar-refractivity contribution in [2.45, 2.75) is 211 Å². The van der Waals surface area contributed by atoms with Crippen LogP contribution < -0.4 is 0 Å². The maximum Gasteiger partial charge on any atom is 0.472 e. The first-order valence-electron chi connectivity index (χ1n) is 22.4. The molecule has 0 radical (unpaired) electrons. The molecule has 8 atom stereocenters. The van der Waals surface area contributed by atoms with Crippen LogP contribution in [-0.2, 0) is 32.7 Å². The summed E-state index contributed by atoms with van der Waals surface area (Å²) in [5.74, 6) is -1.13. The number of esters is 2. The number of rotatable bonds is 36. The van der Waals surface area contributed by atoms with Crippen LogP contribution >= 0.6 is 7.82 Å². The number of carbonyl (C=O) groups is 2. The number of aliphatic hydroxyl groups excluding tert-OH is 5. The Balaban J connectivity index is 2.49. The summed E-state index contributed by atoms with van der Waals surface area (Å²) in [6.07, 6.45) is 27.4. The molecule has 0 amide bonds. The molecule has 6 unspecified atom stereocenters. The zero-order valence-corrected chi connectivity index (χ0v) is 36.9. The smallest absolute Gasteiger partial charge is 0.462 e. The maximum absolute atomic E-state index is 12.8. The summed E-state index contributed by atoms with van der Waals surface area (Å²) in [5.41, 5.74) is 0. The summed E-state index contributed by atoms with van der Waals surface area (Å²) in [5, 5.41) is 50.1. The van der Waals surface area contributed by atoms with Gasteiger partial charge in [0.1, 0.15) is 43.2 Å². The number of ether oxygens (including phenoxy) is 2. The second kappa shape index (κ2) is 35.4. The van der Waals surface area contributed by atoms with Gasteiger partial charge in [0.25, 0.3) is 0 Å². The average molecular weight is 859 g/mol. The van der Waals surface area contributed by atoms with Crippen LogP contribution in [0.3, 0.4) is 0 Å². The molecule has 14 heteroatoms. The quantitative estimate of drug-likeness (QED) is 0.0152. The van der Waals surface area contributed by atoms with Gasteiger partial charge in [0.15, 0.2) is 6.10 Å². The van der Waals surface area contributed by atoms with E-state index in [1.807, 2.05) is 0 Å². The number of unbranched alkanes of at least 4 members (excludes halogenated alkanes) is 16. The van der Waals surface area contributed by atoms with Crippen LogP contribution in [0.15, 0.2) is 48.6 Å². The Kier molecular flexibility index (Phi) is 32.9. The number of phosphoric ester groups is 1. The van der Waals surface area contributed by atoms with Crippen molar-refractivity contribution in [1.29, 1.82) is 0 Å². The van der Waals surface area contributed by atoms with Gasteiger partial charge in [-0.05, 0) is 70.6 Å². The lowest BCUT2D eigenvalue weighted by atomic mass is 9.85. The van der Waals surface area contributed by atoms with E-state index in [1.165, 1.54) is 32.1 Å². The number of phosphoric acid groups is 1. The van der Waals surface area contributed by atoms with Crippen molar-refractivity contribution in [3.63, 3.8) is 0 Å². The van der Waals surface area contributed by atoms with Crippen molar-refractivity contribution < 1.29 is 63.1 Å². The molecule has 0 aromatic heterocycles. The molecule has 1 saturated carbocycles. The Morgan fingerprint density at radius 3 is 1.49 bits per heavy atom. The fourth-order valence-electron chi connectivity index (χ4n) is 6.53. The number of allylic oxidation sites excluding steroid dienone is 8. The molecule has 1 aliphatic carbocycles. The molecule has 0 saturated heterocycles. The Hall–Kier alpha value is -2.19. The van der Waals surface area contributed by atoms with E-state index in [2.05, 4.69) is 62.5 Å². The number of hydrogen-bond donors (Lipinski definition) is 6. The van der Waals surface area contributed by atoms with E-state index in [1.54, 1.807) is 0 Å². The number of carbonyl (C=O) groups excluding carboxylic acids is 2. The van der Waals surface area contributed by atoms with Crippen LogP contribution in [0, 0.1) is 0 Å². The fourth-order valence-corrected chi connectivity index (χ4v) is 7.50. The highest BCUT2D eigenvalue weighted by atomic mass is 31.2. The van der Waals surface area contributed by atoms with Gasteiger partial charge in [-0.2, -0.15) is 0 Å². The van der Waals surface area contributed by atoms with Crippen molar-refractivity contribution in [3.05, 3.63) is 48.6 Å². The molecule has 1 rings (SSSR count). The Bertz CT molecular complexity index is 1220. The second-order valence-corrected chi connectivity index (χ2v) is 16.9. The molecule has 0 aromatic rings. The fraction of sp³-hybridized carbons (Fsp3) is 0.778. The summed E-state index contributed by atoms with van der Waals surface area (Å²) >= 11 is 0. The Labute approximate surface area is 354 Å². The van der Waals surface area contributed by atoms with Crippen molar-refractivity contribution in [3.8, 4) is 0 Å². The third-order valence-corrected chi connectivity index (χ3v) is 11.1. The van der Waals surface area contributed by atoms with Gasteiger partial charge in [0.05, 0.1) is 6.61 Å². The monoisotopic (exact) mass is 859 g/mol. The molecular formula is C45H79O13P. The minimum absolute atomic E-state index is 0.0864. The van der Waals surface area contributed by atoms with Crippen molar-refractivity contribution in [2.24, 2.45) is 0 Å². The van der Waals surface area contributed by atoms with Crippen LogP contribution in [0.2, 0.25) is 0 Å². The standard InChI is InChI=1S/C45H79O13P/c1-3-5-7-9-11-13-15-17-19-21-23-25-27-29-31-33-38(46)55-35-37(36-56-59(53,54)58-45-43(51)41(49)40(48)42(50)44(45)52)57-39(47)34-32-30-28-26-24-22-20-18-16-14-12-10-8-6-4-2/h5,7,11,13-14,16-17,19,37,40-45,48-52H,3-4,6,8-10,12,15,18,20-36H2,1-2H3,(H,53,54)/b7-5-,13-11-,16-14-,19-17-/t37-,40?,41-,42?,43?,44?,45?/m1/s1.